The molecule has 3 heterocycles. The fourth-order valence-electron chi connectivity index (χ4n) is 3.22. The second-order valence-electron chi connectivity index (χ2n) is 6.49. The lowest BCUT2D eigenvalue weighted by molar-refractivity contribution is 0.0941. The first-order valence-corrected chi connectivity index (χ1v) is 9.06. The third-order valence-electron chi connectivity index (χ3n) is 4.74. The van der Waals surface area contributed by atoms with Gasteiger partial charge in [-0.05, 0) is 36.4 Å². The fraction of sp³-hybridized carbons (Fsp3) is 0.190. The van der Waals surface area contributed by atoms with Gasteiger partial charge in [0, 0.05) is 30.9 Å². The van der Waals surface area contributed by atoms with Crippen molar-refractivity contribution in [3.8, 4) is 22.8 Å². The Morgan fingerprint density at radius 2 is 2.00 bits per heavy atom. The Labute approximate surface area is 167 Å². The Kier molecular flexibility index (Phi) is 4.90. The number of aryl methyl sites for hydroxylation is 1. The van der Waals surface area contributed by atoms with E-state index in [0.717, 1.165) is 16.6 Å². The van der Waals surface area contributed by atoms with Crippen LogP contribution in [0.25, 0.3) is 16.8 Å². The van der Waals surface area contributed by atoms with E-state index in [4.69, 9.17) is 9.47 Å². The molecule has 4 rings (SSSR count). The molecule has 4 aromatic rings. The molecule has 8 heteroatoms. The molecular formula is C21H21N5O3. The number of amides is 1. The molecular weight excluding hydrogens is 370 g/mol. The number of hydrogen-bond acceptors (Lipinski definition) is 5. The minimum atomic E-state index is -0.219. The van der Waals surface area contributed by atoms with Gasteiger partial charge in [-0.3, -0.25) is 9.48 Å². The Balaban J connectivity index is 1.57. The van der Waals surface area contributed by atoms with E-state index in [2.05, 4.69) is 15.5 Å². The van der Waals surface area contributed by atoms with Gasteiger partial charge in [-0.15, -0.1) is 0 Å². The lowest BCUT2D eigenvalue weighted by Crippen LogP contribution is -2.25. The lowest BCUT2D eigenvalue weighted by atomic mass is 10.1. The first kappa shape index (κ1) is 18.5. The number of fused-ring (bicyclic) bond motifs is 1. The largest absolute Gasteiger partial charge is 0.497 e. The van der Waals surface area contributed by atoms with E-state index < -0.39 is 0 Å². The molecule has 0 saturated heterocycles. The summed E-state index contributed by atoms with van der Waals surface area (Å²) >= 11 is 0. The number of carbonyl (C=O) groups excluding carboxylic acids is 1. The highest BCUT2D eigenvalue weighted by molar-refractivity contribution is 5.94. The van der Waals surface area contributed by atoms with Crippen LogP contribution in [0.5, 0.6) is 11.5 Å². The quantitative estimate of drug-likeness (QED) is 0.546. The molecule has 3 aromatic heterocycles. The summed E-state index contributed by atoms with van der Waals surface area (Å²) in [6, 6.07) is 13.0. The topological polar surface area (TPSA) is 82.7 Å². The van der Waals surface area contributed by atoms with Gasteiger partial charge in [0.15, 0.2) is 0 Å². The number of pyridine rings is 1. The molecule has 0 fully saturated rings. The maximum absolute atomic E-state index is 12.8. The molecule has 0 radical (unpaired) electrons. The Hall–Kier alpha value is -3.81. The van der Waals surface area contributed by atoms with Gasteiger partial charge >= 0.3 is 0 Å². The fourth-order valence-corrected chi connectivity index (χ4v) is 3.22. The first-order chi connectivity index (χ1) is 14.1. The van der Waals surface area contributed by atoms with Crippen molar-refractivity contribution in [1.82, 2.24) is 24.7 Å². The highest BCUT2D eigenvalue weighted by Gasteiger charge is 2.17. The van der Waals surface area contributed by atoms with E-state index in [-0.39, 0.29) is 5.91 Å². The first-order valence-electron chi connectivity index (χ1n) is 9.06. The summed E-state index contributed by atoms with van der Waals surface area (Å²) in [5, 5.41) is 11.7. The number of carbonyl (C=O) groups is 1. The highest BCUT2D eigenvalue weighted by atomic mass is 16.5. The van der Waals surface area contributed by atoms with Crippen LogP contribution in [0.3, 0.4) is 0 Å². The molecule has 148 valence electrons. The van der Waals surface area contributed by atoms with E-state index in [0.29, 0.717) is 29.4 Å². The number of nitrogens with one attached hydrogen (secondary N) is 1. The van der Waals surface area contributed by atoms with Crippen LogP contribution in [0.4, 0.5) is 0 Å². The normalized spacial score (nSPS) is 10.9. The van der Waals surface area contributed by atoms with Gasteiger partial charge in [0.2, 0.25) is 0 Å². The molecule has 0 aliphatic rings. The number of aromatic nitrogens is 4. The predicted molar refractivity (Wildman–Crippen MR) is 108 cm³/mol. The number of hydrogen-bond donors (Lipinski definition) is 1. The standard InChI is InChI=1S/C21H21N5O3/c1-25-19(11-17(24-25)16-10-15(28-2)7-8-20(16)29-3)21(27)22-12-14-13-23-26-9-5-4-6-18(14)26/h4-11,13H,12H2,1-3H3,(H,22,27). The van der Waals surface area contributed by atoms with Crippen LogP contribution in [0, 0.1) is 0 Å². The molecule has 0 aliphatic heterocycles. The monoisotopic (exact) mass is 391 g/mol. The summed E-state index contributed by atoms with van der Waals surface area (Å²) in [6.45, 7) is 0.370. The second kappa shape index (κ2) is 7.67. The summed E-state index contributed by atoms with van der Waals surface area (Å²) in [4.78, 5) is 12.8. The summed E-state index contributed by atoms with van der Waals surface area (Å²) in [5.41, 5.74) is 3.73. The molecule has 1 N–H and O–H groups in total. The van der Waals surface area contributed by atoms with Crippen LogP contribution in [-0.2, 0) is 13.6 Å². The molecule has 0 saturated carbocycles. The molecule has 8 nitrogen and oxygen atoms in total. The number of methoxy groups -OCH3 is 2. The molecule has 0 atom stereocenters. The van der Waals surface area contributed by atoms with Gasteiger partial charge in [-0.1, -0.05) is 6.07 Å². The Morgan fingerprint density at radius 1 is 1.14 bits per heavy atom. The van der Waals surface area contributed by atoms with Crippen molar-refractivity contribution < 1.29 is 14.3 Å². The third-order valence-corrected chi connectivity index (χ3v) is 4.74. The minimum absolute atomic E-state index is 0.219. The van der Waals surface area contributed by atoms with Crippen LogP contribution >= 0.6 is 0 Å². The van der Waals surface area contributed by atoms with Crippen molar-refractivity contribution in [2.45, 2.75) is 6.54 Å². The molecule has 0 bridgehead atoms. The van der Waals surface area contributed by atoms with Crippen molar-refractivity contribution >= 4 is 11.4 Å². The van der Waals surface area contributed by atoms with Gasteiger partial charge in [-0.2, -0.15) is 10.2 Å². The average Bonchev–Trinajstić information content (AvgIpc) is 3.35. The molecule has 1 aromatic carbocycles. The Bertz CT molecular complexity index is 1180. The van der Waals surface area contributed by atoms with Gasteiger partial charge in [0.25, 0.3) is 5.91 Å². The molecule has 1 amide bonds. The van der Waals surface area contributed by atoms with Crippen molar-refractivity contribution in [3.63, 3.8) is 0 Å². The van der Waals surface area contributed by atoms with E-state index in [9.17, 15) is 4.79 Å². The molecule has 0 aliphatic carbocycles. The summed E-state index contributed by atoms with van der Waals surface area (Å²) < 4.78 is 14.1. The van der Waals surface area contributed by atoms with Crippen LogP contribution in [-0.4, -0.2) is 39.5 Å². The number of nitrogens with zero attached hydrogens (tertiary/aromatic N) is 4. The van der Waals surface area contributed by atoms with Crippen LogP contribution in [0.2, 0.25) is 0 Å². The molecule has 0 unspecified atom stereocenters. The van der Waals surface area contributed by atoms with Gasteiger partial charge in [0.1, 0.15) is 17.2 Å². The van der Waals surface area contributed by atoms with Crippen molar-refractivity contribution in [1.29, 1.82) is 0 Å². The lowest BCUT2D eigenvalue weighted by Gasteiger charge is -2.08. The van der Waals surface area contributed by atoms with E-state index in [1.165, 1.54) is 0 Å². The number of rotatable bonds is 6. The van der Waals surface area contributed by atoms with Gasteiger partial charge < -0.3 is 14.8 Å². The summed E-state index contributed by atoms with van der Waals surface area (Å²) in [5.74, 6) is 1.12. The van der Waals surface area contributed by atoms with Gasteiger partial charge in [-0.25, -0.2) is 4.52 Å². The maximum Gasteiger partial charge on any atom is 0.269 e. The Morgan fingerprint density at radius 3 is 2.79 bits per heavy atom. The van der Waals surface area contributed by atoms with E-state index >= 15 is 0 Å². The summed E-state index contributed by atoms with van der Waals surface area (Å²) in [7, 11) is 4.93. The average molecular weight is 391 g/mol. The predicted octanol–water partition coefficient (Wildman–Crippen LogP) is 2.68. The maximum atomic E-state index is 12.8. The SMILES string of the molecule is COc1ccc(OC)c(-c2cc(C(=O)NCc3cnn4ccccc34)n(C)n2)c1. The number of ether oxygens (including phenoxy) is 2. The molecule has 0 spiro atoms. The van der Waals surface area contributed by atoms with E-state index in [1.807, 2.05) is 42.6 Å². The minimum Gasteiger partial charge on any atom is -0.497 e. The van der Waals surface area contributed by atoms with E-state index in [1.54, 1.807) is 42.7 Å². The number of benzene rings is 1. The smallest absolute Gasteiger partial charge is 0.269 e. The van der Waals surface area contributed by atoms with Crippen molar-refractivity contribution in [3.05, 3.63) is 66.1 Å². The zero-order valence-electron chi connectivity index (χ0n) is 16.4. The van der Waals surface area contributed by atoms with Crippen molar-refractivity contribution in [2.75, 3.05) is 14.2 Å². The molecule has 29 heavy (non-hydrogen) atoms. The van der Waals surface area contributed by atoms with Crippen LogP contribution in [0.15, 0.2) is 54.9 Å². The van der Waals surface area contributed by atoms with Crippen LogP contribution < -0.4 is 14.8 Å². The van der Waals surface area contributed by atoms with Gasteiger partial charge in [0.05, 0.1) is 31.6 Å². The zero-order valence-corrected chi connectivity index (χ0v) is 16.4. The highest BCUT2D eigenvalue weighted by Crippen LogP contribution is 2.32. The summed E-state index contributed by atoms with van der Waals surface area (Å²) in [6.07, 6.45) is 3.63. The van der Waals surface area contributed by atoms with Crippen LogP contribution in [0.1, 0.15) is 16.1 Å². The zero-order chi connectivity index (χ0) is 20.4. The van der Waals surface area contributed by atoms with Crippen molar-refractivity contribution in [2.24, 2.45) is 7.05 Å². The third kappa shape index (κ3) is 3.52. The second-order valence-corrected chi connectivity index (χ2v) is 6.49.